The highest BCUT2D eigenvalue weighted by Crippen LogP contribution is 2.41. The summed E-state index contributed by atoms with van der Waals surface area (Å²) in [5.41, 5.74) is 0.703. The van der Waals surface area contributed by atoms with Gasteiger partial charge in [0.25, 0.3) is 0 Å². The van der Waals surface area contributed by atoms with Crippen LogP contribution in [0.4, 0.5) is 0 Å². The van der Waals surface area contributed by atoms with Gasteiger partial charge in [0.15, 0.2) is 0 Å². The second kappa shape index (κ2) is 14.0. The molecule has 0 heterocycles. The molecule has 0 aliphatic rings. The molecular formula is C20H42. The summed E-state index contributed by atoms with van der Waals surface area (Å²) in [6.45, 7) is 9.37. The Bertz CT molecular complexity index is 174. The van der Waals surface area contributed by atoms with Crippen LogP contribution in [0.25, 0.3) is 0 Å². The molecule has 0 amide bonds. The van der Waals surface area contributed by atoms with E-state index in [9.17, 15) is 0 Å². The van der Waals surface area contributed by atoms with Crippen molar-refractivity contribution in [2.24, 2.45) is 5.41 Å². The smallest absolute Gasteiger partial charge is 0.0297 e. The Hall–Kier alpha value is 0. The van der Waals surface area contributed by atoms with E-state index in [0.29, 0.717) is 5.41 Å². The Morgan fingerprint density at radius 1 is 0.400 bits per heavy atom. The van der Waals surface area contributed by atoms with Gasteiger partial charge in [0.1, 0.15) is 0 Å². The number of rotatable bonds is 15. The van der Waals surface area contributed by atoms with Crippen molar-refractivity contribution in [1.29, 1.82) is 0 Å². The van der Waals surface area contributed by atoms with Gasteiger partial charge in [0.2, 0.25) is 0 Å². The van der Waals surface area contributed by atoms with Crippen LogP contribution in [0.3, 0.4) is 0 Å². The minimum atomic E-state index is 0.703. The van der Waals surface area contributed by atoms with Crippen LogP contribution in [0, 0.1) is 5.41 Å². The molecule has 0 bridgehead atoms. The largest absolute Gasteiger partial charge is 0.0654 e. The highest BCUT2D eigenvalue weighted by Gasteiger charge is 2.27. The van der Waals surface area contributed by atoms with E-state index in [1.165, 1.54) is 96.3 Å². The summed E-state index contributed by atoms with van der Waals surface area (Å²) in [5, 5.41) is 0. The van der Waals surface area contributed by atoms with Crippen LogP contribution in [0.1, 0.15) is 124 Å². The van der Waals surface area contributed by atoms with Crippen molar-refractivity contribution >= 4 is 0 Å². The fraction of sp³-hybridized carbons (Fsp3) is 1.00. The van der Waals surface area contributed by atoms with Crippen LogP contribution in [0.5, 0.6) is 0 Å². The Balaban J connectivity index is 4.43. The standard InChI is InChI=1S/C20H42/c1-5-9-13-15-19-20(16-11-7-3,17-12-8-4)18-14-10-6-2/h5-19H2,1-4H3. The maximum atomic E-state index is 2.35. The molecule has 0 aromatic heterocycles. The first kappa shape index (κ1) is 20.0. The second-order valence-corrected chi connectivity index (χ2v) is 6.97. The summed E-state index contributed by atoms with van der Waals surface area (Å²) in [7, 11) is 0. The lowest BCUT2D eigenvalue weighted by atomic mass is 9.71. The average Bonchev–Trinajstić information content (AvgIpc) is 2.47. The van der Waals surface area contributed by atoms with E-state index in [1.54, 1.807) is 0 Å². The molecule has 0 aromatic rings. The van der Waals surface area contributed by atoms with Crippen LogP contribution in [0.2, 0.25) is 0 Å². The molecule has 0 radical (unpaired) electrons. The van der Waals surface area contributed by atoms with E-state index in [2.05, 4.69) is 27.7 Å². The molecule has 0 heteroatoms. The zero-order chi connectivity index (χ0) is 15.1. The lowest BCUT2D eigenvalue weighted by Gasteiger charge is -2.35. The zero-order valence-electron chi connectivity index (χ0n) is 15.1. The maximum absolute atomic E-state index is 2.35. The van der Waals surface area contributed by atoms with Crippen molar-refractivity contribution in [3.63, 3.8) is 0 Å². The van der Waals surface area contributed by atoms with Crippen molar-refractivity contribution in [2.75, 3.05) is 0 Å². The average molecular weight is 283 g/mol. The molecule has 0 aliphatic heterocycles. The summed E-state index contributed by atoms with van der Waals surface area (Å²) < 4.78 is 0. The van der Waals surface area contributed by atoms with Crippen LogP contribution in [-0.4, -0.2) is 0 Å². The third-order valence-corrected chi connectivity index (χ3v) is 4.99. The van der Waals surface area contributed by atoms with Gasteiger partial charge >= 0.3 is 0 Å². The van der Waals surface area contributed by atoms with Gasteiger partial charge in [-0.05, 0) is 31.1 Å². The molecule has 0 saturated heterocycles. The summed E-state index contributed by atoms with van der Waals surface area (Å²) in [5.74, 6) is 0. The second-order valence-electron chi connectivity index (χ2n) is 6.97. The molecule has 20 heavy (non-hydrogen) atoms. The minimum Gasteiger partial charge on any atom is -0.0654 e. The summed E-state index contributed by atoms with van der Waals surface area (Å²) in [6, 6.07) is 0. The first-order valence-corrected chi connectivity index (χ1v) is 9.74. The molecule has 0 N–H and O–H groups in total. The van der Waals surface area contributed by atoms with Gasteiger partial charge in [0.05, 0.1) is 0 Å². The van der Waals surface area contributed by atoms with Crippen molar-refractivity contribution in [2.45, 2.75) is 124 Å². The van der Waals surface area contributed by atoms with Crippen LogP contribution in [-0.2, 0) is 0 Å². The predicted octanol–water partition coefficient (Wildman–Crippen LogP) is 7.90. The van der Waals surface area contributed by atoms with Gasteiger partial charge in [-0.2, -0.15) is 0 Å². The molecule has 0 rings (SSSR count). The lowest BCUT2D eigenvalue weighted by Crippen LogP contribution is -2.21. The van der Waals surface area contributed by atoms with Crippen molar-refractivity contribution in [1.82, 2.24) is 0 Å². The molecule has 0 aromatic carbocycles. The quantitative estimate of drug-likeness (QED) is 0.268. The topological polar surface area (TPSA) is 0 Å². The summed E-state index contributed by atoms with van der Waals surface area (Å²) >= 11 is 0. The highest BCUT2D eigenvalue weighted by atomic mass is 14.3. The van der Waals surface area contributed by atoms with E-state index in [0.717, 1.165) is 0 Å². The third kappa shape index (κ3) is 9.83. The van der Waals surface area contributed by atoms with Gasteiger partial charge in [-0.3, -0.25) is 0 Å². The van der Waals surface area contributed by atoms with Crippen molar-refractivity contribution < 1.29 is 0 Å². The summed E-state index contributed by atoms with van der Waals surface area (Å²) in [4.78, 5) is 0. The van der Waals surface area contributed by atoms with Gasteiger partial charge < -0.3 is 0 Å². The molecule has 0 aliphatic carbocycles. The Kier molecular flexibility index (Phi) is 14.0. The molecule has 0 spiro atoms. The number of unbranched alkanes of at least 4 members (excludes halogenated alkanes) is 7. The minimum absolute atomic E-state index is 0.703. The third-order valence-electron chi connectivity index (χ3n) is 4.99. The Morgan fingerprint density at radius 2 is 0.750 bits per heavy atom. The van der Waals surface area contributed by atoms with Crippen LogP contribution < -0.4 is 0 Å². The van der Waals surface area contributed by atoms with E-state index in [4.69, 9.17) is 0 Å². The normalized spacial score (nSPS) is 12.0. The molecule has 0 fully saturated rings. The molecule has 0 nitrogen and oxygen atoms in total. The highest BCUT2D eigenvalue weighted by molar-refractivity contribution is 4.79. The van der Waals surface area contributed by atoms with Gasteiger partial charge in [0, 0.05) is 0 Å². The lowest BCUT2D eigenvalue weighted by molar-refractivity contribution is 0.175. The first-order valence-electron chi connectivity index (χ1n) is 9.74. The molecule has 0 atom stereocenters. The van der Waals surface area contributed by atoms with E-state index in [1.807, 2.05) is 0 Å². The van der Waals surface area contributed by atoms with Gasteiger partial charge in [-0.1, -0.05) is 98.3 Å². The Labute approximate surface area is 130 Å². The van der Waals surface area contributed by atoms with E-state index >= 15 is 0 Å². The van der Waals surface area contributed by atoms with Crippen LogP contribution in [0.15, 0.2) is 0 Å². The molecule has 122 valence electrons. The van der Waals surface area contributed by atoms with E-state index < -0.39 is 0 Å². The van der Waals surface area contributed by atoms with Gasteiger partial charge in [-0.25, -0.2) is 0 Å². The predicted molar refractivity (Wildman–Crippen MR) is 94.4 cm³/mol. The Morgan fingerprint density at radius 3 is 1.20 bits per heavy atom. The fourth-order valence-corrected chi connectivity index (χ4v) is 3.53. The zero-order valence-corrected chi connectivity index (χ0v) is 15.1. The number of hydrogen-bond donors (Lipinski definition) is 0. The van der Waals surface area contributed by atoms with Crippen LogP contribution >= 0.6 is 0 Å². The summed E-state index contributed by atoms with van der Waals surface area (Å²) in [6.07, 6.45) is 21.7. The first-order chi connectivity index (χ1) is 9.74. The van der Waals surface area contributed by atoms with Gasteiger partial charge in [-0.15, -0.1) is 0 Å². The van der Waals surface area contributed by atoms with E-state index in [-0.39, 0.29) is 0 Å². The fourth-order valence-electron chi connectivity index (χ4n) is 3.53. The monoisotopic (exact) mass is 282 g/mol. The number of hydrogen-bond acceptors (Lipinski definition) is 0. The SMILES string of the molecule is CCCCCCC(CCCC)(CCCC)CCCCC. The molecular weight excluding hydrogens is 240 g/mol. The molecule has 0 unspecified atom stereocenters. The van der Waals surface area contributed by atoms with Crippen molar-refractivity contribution in [3.8, 4) is 0 Å². The van der Waals surface area contributed by atoms with Crippen molar-refractivity contribution in [3.05, 3.63) is 0 Å². The maximum Gasteiger partial charge on any atom is -0.0297 e. The molecule has 0 saturated carbocycles.